The third-order valence-electron chi connectivity index (χ3n) is 3.31. The van der Waals surface area contributed by atoms with Crippen molar-refractivity contribution in [2.24, 2.45) is 0 Å². The van der Waals surface area contributed by atoms with Crippen molar-refractivity contribution < 1.29 is 19.7 Å². The van der Waals surface area contributed by atoms with E-state index in [4.69, 9.17) is 9.47 Å². The molecule has 0 unspecified atom stereocenters. The summed E-state index contributed by atoms with van der Waals surface area (Å²) < 4.78 is 11.5. The number of H-pyrrole nitrogens is 1. The Morgan fingerprint density at radius 2 is 2.32 bits per heavy atom. The Balaban J connectivity index is 2.39. The van der Waals surface area contributed by atoms with Crippen LogP contribution >= 0.6 is 0 Å². The van der Waals surface area contributed by atoms with E-state index in [0.717, 1.165) is 4.57 Å². The number of aliphatic hydroxyl groups excluding tert-OH is 2. The second-order valence-corrected chi connectivity index (χ2v) is 4.66. The average molecular weight is 272 g/mol. The number of ether oxygens (including phenoxy) is 2. The topological polar surface area (TPSA) is 114 Å². The number of rotatable bonds is 3. The lowest BCUT2D eigenvalue weighted by Gasteiger charge is -2.25. The van der Waals surface area contributed by atoms with Gasteiger partial charge < -0.3 is 19.7 Å². The minimum atomic E-state index is -1.13. The highest BCUT2D eigenvalue weighted by molar-refractivity contribution is 5.12. The zero-order valence-corrected chi connectivity index (χ0v) is 10.6. The van der Waals surface area contributed by atoms with Crippen LogP contribution in [0.15, 0.2) is 15.8 Å². The van der Waals surface area contributed by atoms with E-state index in [0.29, 0.717) is 0 Å². The molecule has 0 amide bonds. The van der Waals surface area contributed by atoms with Crippen LogP contribution in [0.2, 0.25) is 0 Å². The number of hydrogen-bond acceptors (Lipinski definition) is 6. The number of nitrogens with one attached hydrogen (secondary N) is 1. The van der Waals surface area contributed by atoms with E-state index in [2.05, 4.69) is 4.98 Å². The van der Waals surface area contributed by atoms with E-state index in [1.165, 1.54) is 13.3 Å². The lowest BCUT2D eigenvalue weighted by molar-refractivity contribution is -0.116. The number of nitrogens with zero attached hydrogens (tertiary/aromatic N) is 1. The Labute approximate surface area is 108 Å². The monoisotopic (exact) mass is 272 g/mol. The van der Waals surface area contributed by atoms with Crippen LogP contribution in [-0.4, -0.2) is 45.2 Å². The number of hydrogen-bond donors (Lipinski definition) is 3. The zero-order valence-electron chi connectivity index (χ0n) is 10.6. The van der Waals surface area contributed by atoms with Crippen molar-refractivity contribution in [2.75, 3.05) is 13.7 Å². The molecular weight excluding hydrogens is 256 g/mol. The van der Waals surface area contributed by atoms with E-state index in [1.54, 1.807) is 6.92 Å². The van der Waals surface area contributed by atoms with Gasteiger partial charge in [0.1, 0.15) is 11.8 Å². The number of aliphatic hydroxyl groups is 2. The summed E-state index contributed by atoms with van der Waals surface area (Å²) in [4.78, 5) is 25.2. The van der Waals surface area contributed by atoms with Crippen molar-refractivity contribution in [2.45, 2.75) is 31.3 Å². The fourth-order valence-electron chi connectivity index (χ4n) is 2.02. The third-order valence-corrected chi connectivity index (χ3v) is 3.31. The van der Waals surface area contributed by atoms with E-state index < -0.39 is 29.2 Å². The second kappa shape index (κ2) is 4.80. The highest BCUT2D eigenvalue weighted by Gasteiger charge is 2.45. The molecule has 0 saturated carbocycles. The van der Waals surface area contributed by atoms with Gasteiger partial charge in [0.05, 0.1) is 26.0 Å². The Morgan fingerprint density at radius 1 is 1.63 bits per heavy atom. The van der Waals surface area contributed by atoms with Gasteiger partial charge in [-0.3, -0.25) is 14.3 Å². The van der Waals surface area contributed by atoms with Gasteiger partial charge in [0.2, 0.25) is 5.75 Å². The van der Waals surface area contributed by atoms with Gasteiger partial charge in [-0.05, 0) is 6.92 Å². The predicted molar refractivity (Wildman–Crippen MR) is 64.1 cm³/mol. The van der Waals surface area contributed by atoms with Gasteiger partial charge in [0.25, 0.3) is 5.56 Å². The molecule has 3 N–H and O–H groups in total. The summed E-state index contributed by atoms with van der Waals surface area (Å²) in [5, 5.41) is 19.1. The van der Waals surface area contributed by atoms with Crippen molar-refractivity contribution in [3.63, 3.8) is 0 Å². The molecule has 1 aromatic rings. The first kappa shape index (κ1) is 13.8. The van der Waals surface area contributed by atoms with Crippen LogP contribution in [0.5, 0.6) is 5.75 Å². The summed E-state index contributed by atoms with van der Waals surface area (Å²) in [6.07, 6.45) is -0.328. The van der Waals surface area contributed by atoms with Crippen molar-refractivity contribution in [3.8, 4) is 5.75 Å². The molecule has 1 fully saturated rings. The van der Waals surface area contributed by atoms with Crippen molar-refractivity contribution in [1.29, 1.82) is 0 Å². The van der Waals surface area contributed by atoms with E-state index in [9.17, 15) is 19.8 Å². The fraction of sp³-hybridized carbons (Fsp3) is 0.636. The molecule has 8 heteroatoms. The Bertz CT molecular complexity index is 579. The van der Waals surface area contributed by atoms with Gasteiger partial charge in [0.15, 0.2) is 0 Å². The van der Waals surface area contributed by atoms with Crippen LogP contribution in [-0.2, 0) is 4.74 Å². The Hall–Kier alpha value is -1.64. The summed E-state index contributed by atoms with van der Waals surface area (Å²) in [5.74, 6) is -0.0321. The molecule has 19 heavy (non-hydrogen) atoms. The third kappa shape index (κ3) is 2.29. The normalized spacial score (nSPS) is 30.5. The van der Waals surface area contributed by atoms with Crippen LogP contribution in [0.3, 0.4) is 0 Å². The van der Waals surface area contributed by atoms with Gasteiger partial charge >= 0.3 is 5.69 Å². The maximum atomic E-state index is 11.7. The van der Waals surface area contributed by atoms with Gasteiger partial charge in [-0.15, -0.1) is 0 Å². The quantitative estimate of drug-likeness (QED) is 0.622. The first-order chi connectivity index (χ1) is 8.91. The molecule has 8 nitrogen and oxygen atoms in total. The number of aromatic amines is 1. The molecule has 2 rings (SSSR count). The average Bonchev–Trinajstić information content (AvgIpc) is 2.66. The van der Waals surface area contributed by atoms with E-state index in [-0.39, 0.29) is 18.8 Å². The number of methoxy groups -OCH3 is 1. The Kier molecular flexibility index (Phi) is 3.48. The van der Waals surface area contributed by atoms with Crippen molar-refractivity contribution in [3.05, 3.63) is 27.0 Å². The van der Waals surface area contributed by atoms with Gasteiger partial charge in [-0.1, -0.05) is 0 Å². The summed E-state index contributed by atoms with van der Waals surface area (Å²) in [5.41, 5.74) is -2.43. The molecule has 1 saturated heterocycles. The molecule has 0 aliphatic carbocycles. The molecule has 106 valence electrons. The molecule has 3 atom stereocenters. The molecular formula is C11H16N2O6. The van der Waals surface area contributed by atoms with Crippen LogP contribution < -0.4 is 16.0 Å². The maximum Gasteiger partial charge on any atom is 0.330 e. The summed E-state index contributed by atoms with van der Waals surface area (Å²) >= 11 is 0. The van der Waals surface area contributed by atoms with Gasteiger partial charge in [0, 0.05) is 6.42 Å². The lowest BCUT2D eigenvalue weighted by atomic mass is 10.0. The highest BCUT2D eigenvalue weighted by atomic mass is 16.6. The smallest absolute Gasteiger partial charge is 0.330 e. The fourth-order valence-corrected chi connectivity index (χ4v) is 2.02. The molecule has 2 heterocycles. The largest absolute Gasteiger partial charge is 0.490 e. The Morgan fingerprint density at radius 3 is 2.84 bits per heavy atom. The molecule has 1 aliphatic heterocycles. The summed E-state index contributed by atoms with van der Waals surface area (Å²) in [6, 6.07) is 0. The molecule has 0 spiro atoms. The maximum absolute atomic E-state index is 11.7. The van der Waals surface area contributed by atoms with Crippen molar-refractivity contribution in [1.82, 2.24) is 9.55 Å². The van der Waals surface area contributed by atoms with Gasteiger partial charge in [-0.2, -0.15) is 0 Å². The molecule has 1 aliphatic rings. The van der Waals surface area contributed by atoms with Crippen LogP contribution in [0, 0.1) is 0 Å². The van der Waals surface area contributed by atoms with Crippen LogP contribution in [0.25, 0.3) is 0 Å². The molecule has 1 aromatic heterocycles. The summed E-state index contributed by atoms with van der Waals surface area (Å²) in [7, 11) is 1.31. The van der Waals surface area contributed by atoms with Crippen LogP contribution in [0.1, 0.15) is 19.6 Å². The minimum absolute atomic E-state index is 0.0321. The van der Waals surface area contributed by atoms with E-state index in [1.807, 2.05) is 0 Å². The minimum Gasteiger partial charge on any atom is -0.490 e. The molecule has 0 bridgehead atoms. The van der Waals surface area contributed by atoms with E-state index >= 15 is 0 Å². The number of aromatic nitrogens is 2. The highest BCUT2D eigenvalue weighted by Crippen LogP contribution is 2.35. The van der Waals surface area contributed by atoms with Crippen molar-refractivity contribution >= 4 is 0 Å². The molecule has 0 aromatic carbocycles. The zero-order chi connectivity index (χ0) is 14.2. The van der Waals surface area contributed by atoms with Gasteiger partial charge in [-0.25, -0.2) is 4.79 Å². The molecule has 0 radical (unpaired) electrons. The second-order valence-electron chi connectivity index (χ2n) is 4.66. The lowest BCUT2D eigenvalue weighted by Crippen LogP contribution is -2.40. The standard InChI is InChI=1S/C11H16N2O6/c1-11(5-14)7(15)3-8(19-11)13-4-6(18-2)9(16)12-10(13)17/h4,7-8,14-15H,3,5H2,1-2H3,(H,12,16,17)/t7-,8+,11+/m0/s1. The van der Waals surface area contributed by atoms with Crippen LogP contribution in [0.4, 0.5) is 0 Å². The first-order valence-corrected chi connectivity index (χ1v) is 5.77. The summed E-state index contributed by atoms with van der Waals surface area (Å²) in [6.45, 7) is 1.17. The SMILES string of the molecule is COc1cn([C@H]2C[C@H](O)[C@@](C)(CO)O2)c(=O)[nH]c1=O. The predicted octanol–water partition coefficient (Wildman–Crippen LogP) is -1.42. The first-order valence-electron chi connectivity index (χ1n) is 5.77.